The predicted molar refractivity (Wildman–Crippen MR) is 120 cm³/mol. The number of anilines is 2. The van der Waals surface area contributed by atoms with Gasteiger partial charge in [0.15, 0.2) is 9.84 Å². The van der Waals surface area contributed by atoms with Crippen molar-refractivity contribution in [1.29, 1.82) is 0 Å². The first-order chi connectivity index (χ1) is 15.9. The molecule has 1 unspecified atom stereocenters. The van der Waals surface area contributed by atoms with Crippen LogP contribution >= 0.6 is 0 Å². The number of hydrogen-bond acceptors (Lipinski definition) is 8. The van der Waals surface area contributed by atoms with Crippen LogP contribution in [0.1, 0.15) is 22.7 Å². The Balaban J connectivity index is 1.38. The van der Waals surface area contributed by atoms with Gasteiger partial charge in [0.05, 0.1) is 29.3 Å². The van der Waals surface area contributed by atoms with Crippen molar-refractivity contribution in [1.82, 2.24) is 19.9 Å². The summed E-state index contributed by atoms with van der Waals surface area (Å²) in [7, 11) is -3.06. The summed E-state index contributed by atoms with van der Waals surface area (Å²) in [4.78, 5) is 18.9. The smallest absolute Gasteiger partial charge is 0.228 e. The van der Waals surface area contributed by atoms with E-state index in [0.29, 0.717) is 28.7 Å². The number of sulfone groups is 1. The lowest BCUT2D eigenvalue weighted by Gasteiger charge is -2.27. The standard InChI is InChI=1S/C22H20F2N6O2S/c23-17-9-14(10-18(24)16(17)13-30-5-7-33(31,32)8-6-30)15-11-26-19-12-27-22(29-21(15)19)28-20-3-1-2-4-25-20/h1-4,9-12,15H,5-8,13H2,(H,25,27,28,29). The Hall–Kier alpha value is -3.31. The lowest BCUT2D eigenvalue weighted by Crippen LogP contribution is -2.40. The van der Waals surface area contributed by atoms with E-state index >= 15 is 0 Å². The second-order valence-corrected chi connectivity index (χ2v) is 10.3. The minimum Gasteiger partial charge on any atom is -0.309 e. The summed E-state index contributed by atoms with van der Waals surface area (Å²) in [5.74, 6) is -1.01. The molecule has 0 bridgehead atoms. The first-order valence-corrected chi connectivity index (χ1v) is 12.2. The van der Waals surface area contributed by atoms with Crippen molar-refractivity contribution < 1.29 is 17.2 Å². The van der Waals surface area contributed by atoms with Crippen molar-refractivity contribution >= 4 is 33.5 Å². The molecule has 1 N–H and O–H groups in total. The van der Waals surface area contributed by atoms with E-state index in [1.54, 1.807) is 35.6 Å². The van der Waals surface area contributed by atoms with Crippen molar-refractivity contribution in [2.45, 2.75) is 12.5 Å². The highest BCUT2D eigenvalue weighted by atomic mass is 32.2. The highest BCUT2D eigenvalue weighted by Gasteiger charge is 2.27. The minimum atomic E-state index is -3.06. The lowest BCUT2D eigenvalue weighted by molar-refractivity contribution is 0.278. The zero-order valence-corrected chi connectivity index (χ0v) is 18.3. The summed E-state index contributed by atoms with van der Waals surface area (Å²) in [6.45, 7) is 0.534. The van der Waals surface area contributed by atoms with E-state index in [-0.39, 0.29) is 36.7 Å². The summed E-state index contributed by atoms with van der Waals surface area (Å²) in [6, 6.07) is 7.96. The quantitative estimate of drug-likeness (QED) is 0.612. The highest BCUT2D eigenvalue weighted by Crippen LogP contribution is 2.36. The van der Waals surface area contributed by atoms with Gasteiger partial charge in [0.1, 0.15) is 23.1 Å². The molecule has 0 amide bonds. The van der Waals surface area contributed by atoms with Gasteiger partial charge in [-0.3, -0.25) is 9.89 Å². The zero-order valence-electron chi connectivity index (χ0n) is 17.4. The summed E-state index contributed by atoms with van der Waals surface area (Å²) in [5.41, 5.74) is 1.38. The second kappa shape index (κ2) is 8.56. The lowest BCUT2D eigenvalue weighted by atomic mass is 9.95. The summed E-state index contributed by atoms with van der Waals surface area (Å²) in [6.07, 6.45) is 4.78. The third-order valence-corrected chi connectivity index (χ3v) is 7.31. The summed E-state index contributed by atoms with van der Waals surface area (Å²) in [5, 5.41) is 3.00. The van der Waals surface area contributed by atoms with E-state index in [1.807, 2.05) is 6.07 Å². The Morgan fingerprint density at radius 2 is 1.85 bits per heavy atom. The Bertz CT molecular complexity index is 1300. The van der Waals surface area contributed by atoms with Crippen molar-refractivity contribution in [3.63, 3.8) is 0 Å². The van der Waals surface area contributed by atoms with E-state index in [0.717, 1.165) is 0 Å². The van der Waals surface area contributed by atoms with Gasteiger partial charge in [0.2, 0.25) is 5.95 Å². The number of rotatable bonds is 5. The van der Waals surface area contributed by atoms with Crippen molar-refractivity contribution in [2.24, 2.45) is 4.99 Å². The van der Waals surface area contributed by atoms with Crippen LogP contribution in [-0.4, -0.2) is 59.1 Å². The molecule has 0 radical (unpaired) electrons. The third kappa shape index (κ3) is 4.60. The zero-order chi connectivity index (χ0) is 23.0. The molecule has 1 saturated heterocycles. The number of aliphatic imine (C=N–C) groups is 1. The van der Waals surface area contributed by atoms with E-state index < -0.39 is 27.4 Å². The van der Waals surface area contributed by atoms with Gasteiger partial charge in [-0.25, -0.2) is 32.2 Å². The van der Waals surface area contributed by atoms with E-state index in [9.17, 15) is 17.2 Å². The molecule has 11 heteroatoms. The number of nitrogens with one attached hydrogen (secondary N) is 1. The first kappa shape index (κ1) is 21.5. The molecule has 0 aliphatic carbocycles. The number of pyridine rings is 1. The van der Waals surface area contributed by atoms with E-state index in [2.05, 4.69) is 25.3 Å². The van der Waals surface area contributed by atoms with Crippen LogP contribution in [0, 0.1) is 11.6 Å². The maximum absolute atomic E-state index is 14.9. The summed E-state index contributed by atoms with van der Waals surface area (Å²) >= 11 is 0. The Morgan fingerprint density at radius 1 is 1.09 bits per heavy atom. The molecule has 2 aliphatic rings. The average Bonchev–Trinajstić information content (AvgIpc) is 3.21. The van der Waals surface area contributed by atoms with E-state index in [4.69, 9.17) is 0 Å². The minimum absolute atomic E-state index is 0.00177. The van der Waals surface area contributed by atoms with Crippen LogP contribution < -0.4 is 5.32 Å². The van der Waals surface area contributed by atoms with Gasteiger partial charge in [0, 0.05) is 37.6 Å². The van der Waals surface area contributed by atoms with Gasteiger partial charge < -0.3 is 5.32 Å². The third-order valence-electron chi connectivity index (χ3n) is 5.70. The van der Waals surface area contributed by atoms with Gasteiger partial charge >= 0.3 is 0 Å². The molecule has 4 heterocycles. The van der Waals surface area contributed by atoms with Crippen LogP contribution in [0.5, 0.6) is 0 Å². The molecule has 5 rings (SSSR count). The Morgan fingerprint density at radius 3 is 2.55 bits per heavy atom. The number of aromatic nitrogens is 3. The second-order valence-electron chi connectivity index (χ2n) is 7.95. The van der Waals surface area contributed by atoms with Crippen molar-refractivity contribution in [3.05, 3.63) is 71.2 Å². The van der Waals surface area contributed by atoms with Crippen LogP contribution in [0.4, 0.5) is 26.2 Å². The molecular formula is C22H20F2N6O2S. The van der Waals surface area contributed by atoms with Crippen LogP contribution in [-0.2, 0) is 16.4 Å². The van der Waals surface area contributed by atoms with Crippen LogP contribution in [0.15, 0.2) is 47.7 Å². The Kier molecular flexibility index (Phi) is 5.59. The predicted octanol–water partition coefficient (Wildman–Crippen LogP) is 2.97. The number of nitrogens with zero attached hydrogens (tertiary/aromatic N) is 5. The SMILES string of the molecule is O=S1(=O)CCN(Cc2c(F)cc(C3C=Nc4cnc(Nc5ccccn5)nc43)cc2F)CC1. The number of hydrogen-bond donors (Lipinski definition) is 1. The normalized spacial score (nSPS) is 19.4. The fourth-order valence-corrected chi connectivity index (χ4v) is 5.16. The molecule has 8 nitrogen and oxygen atoms in total. The molecule has 1 fully saturated rings. The molecular weight excluding hydrogens is 450 g/mol. The van der Waals surface area contributed by atoms with E-state index in [1.165, 1.54) is 12.1 Å². The monoisotopic (exact) mass is 470 g/mol. The Labute approximate surface area is 189 Å². The maximum atomic E-state index is 14.9. The fourth-order valence-electron chi connectivity index (χ4n) is 3.88. The highest BCUT2D eigenvalue weighted by molar-refractivity contribution is 7.91. The van der Waals surface area contributed by atoms with Crippen molar-refractivity contribution in [3.8, 4) is 0 Å². The van der Waals surface area contributed by atoms with Gasteiger partial charge in [0.25, 0.3) is 0 Å². The van der Waals surface area contributed by atoms with Crippen LogP contribution in [0.25, 0.3) is 0 Å². The summed E-state index contributed by atoms with van der Waals surface area (Å²) < 4.78 is 53.1. The molecule has 0 saturated carbocycles. The van der Waals surface area contributed by atoms with Gasteiger partial charge in [-0.1, -0.05) is 6.07 Å². The average molecular weight is 471 g/mol. The fraction of sp³-hybridized carbons (Fsp3) is 0.273. The van der Waals surface area contributed by atoms with Crippen molar-refractivity contribution in [2.75, 3.05) is 29.9 Å². The largest absolute Gasteiger partial charge is 0.309 e. The molecule has 2 aromatic heterocycles. The number of halogens is 2. The molecule has 0 spiro atoms. The molecule has 170 valence electrons. The molecule has 3 aromatic rings. The topological polar surface area (TPSA) is 100 Å². The maximum Gasteiger partial charge on any atom is 0.228 e. The molecule has 1 aromatic carbocycles. The van der Waals surface area contributed by atoms with Crippen LogP contribution in [0.3, 0.4) is 0 Å². The molecule has 1 atom stereocenters. The number of fused-ring (bicyclic) bond motifs is 1. The van der Waals surface area contributed by atoms with Crippen LogP contribution in [0.2, 0.25) is 0 Å². The molecule has 2 aliphatic heterocycles. The molecule has 33 heavy (non-hydrogen) atoms. The van der Waals surface area contributed by atoms with Gasteiger partial charge in [-0.05, 0) is 29.8 Å². The first-order valence-electron chi connectivity index (χ1n) is 10.4. The van der Waals surface area contributed by atoms with Gasteiger partial charge in [-0.2, -0.15) is 0 Å². The number of benzene rings is 1. The van der Waals surface area contributed by atoms with Gasteiger partial charge in [-0.15, -0.1) is 0 Å².